The van der Waals surface area contributed by atoms with Gasteiger partial charge in [0.25, 0.3) is 5.91 Å². The Hall–Kier alpha value is -3.02. The van der Waals surface area contributed by atoms with Crippen LogP contribution in [-0.2, 0) is 33.0 Å². The molecule has 0 bridgehead atoms. The van der Waals surface area contributed by atoms with E-state index in [1.54, 1.807) is 18.2 Å². The van der Waals surface area contributed by atoms with E-state index in [1.165, 1.54) is 18.5 Å². The molecule has 2 N–H and O–H groups in total. The summed E-state index contributed by atoms with van der Waals surface area (Å²) in [6.45, 7) is 4.86. The minimum atomic E-state index is -1.82. The quantitative estimate of drug-likeness (QED) is 0.449. The summed E-state index contributed by atoms with van der Waals surface area (Å²) in [5, 5.41) is 15.1. The smallest absolute Gasteiger partial charge is 0.414 e. The number of likely N-dealkylation sites (tertiary alicyclic amines) is 1. The van der Waals surface area contributed by atoms with Crippen molar-refractivity contribution in [1.29, 1.82) is 0 Å². The van der Waals surface area contributed by atoms with E-state index < -0.39 is 17.5 Å². The van der Waals surface area contributed by atoms with Gasteiger partial charge in [0.15, 0.2) is 0 Å². The fourth-order valence-electron chi connectivity index (χ4n) is 4.76. The van der Waals surface area contributed by atoms with Crippen molar-refractivity contribution >= 4 is 29.4 Å². The van der Waals surface area contributed by atoms with Gasteiger partial charge in [0.05, 0.1) is 12.3 Å². The number of nitrogens with zero attached hydrogens (tertiary/aromatic N) is 5. The van der Waals surface area contributed by atoms with Gasteiger partial charge in [-0.2, -0.15) is 0 Å². The van der Waals surface area contributed by atoms with Crippen molar-refractivity contribution < 1.29 is 29.3 Å². The number of aliphatic carboxylic acids is 2. The molecule has 0 aromatic carbocycles. The number of imidazole rings is 1. The molecule has 1 saturated carbocycles. The molecule has 0 atom stereocenters. The second-order valence-electron chi connectivity index (χ2n) is 9.46. The Bertz CT molecular complexity index is 1110. The Labute approximate surface area is 213 Å². The van der Waals surface area contributed by atoms with Crippen LogP contribution in [0.15, 0.2) is 24.4 Å². The highest BCUT2D eigenvalue weighted by Crippen LogP contribution is 2.39. The summed E-state index contributed by atoms with van der Waals surface area (Å²) in [6.07, 6.45) is 6.24. The zero-order valence-corrected chi connectivity index (χ0v) is 20.9. The first-order chi connectivity index (χ1) is 17.2. The molecule has 2 fully saturated rings. The standard InChI is InChI=1S/C22H28ClN5O2.C2H2O4/c1-26(14-16-5-6-16)15-17-13-24-21-22(30-12-11-28(17)21)7-9-27(10-8-22)20(29)18-3-2-4-19(23)25-18;3-1(4)2(5)6/h2-4,13,16H,5-12,14-15H2,1H3;(H,3,4)(H,5,6). The van der Waals surface area contributed by atoms with Gasteiger partial charge in [0, 0.05) is 51.8 Å². The number of rotatable bonds is 5. The molecule has 5 rings (SSSR count). The number of carbonyl (C=O) groups is 3. The van der Waals surface area contributed by atoms with Crippen molar-refractivity contribution in [3.05, 3.63) is 46.8 Å². The molecular weight excluding hydrogens is 490 g/mol. The predicted molar refractivity (Wildman–Crippen MR) is 129 cm³/mol. The van der Waals surface area contributed by atoms with Crippen LogP contribution in [0.5, 0.6) is 0 Å². The Kier molecular flexibility index (Phi) is 7.91. The minimum Gasteiger partial charge on any atom is -0.473 e. The number of aromatic nitrogens is 3. The molecule has 0 unspecified atom stereocenters. The third-order valence-electron chi connectivity index (χ3n) is 6.71. The molecule has 194 valence electrons. The molecule has 2 aromatic heterocycles. The van der Waals surface area contributed by atoms with E-state index in [0.29, 0.717) is 30.5 Å². The Morgan fingerprint density at radius 2 is 1.86 bits per heavy atom. The zero-order chi connectivity index (χ0) is 25.9. The average Bonchev–Trinajstić information content (AvgIpc) is 3.57. The summed E-state index contributed by atoms with van der Waals surface area (Å²) in [4.78, 5) is 44.2. The monoisotopic (exact) mass is 519 g/mol. The lowest BCUT2D eigenvalue weighted by Gasteiger charge is -2.43. The number of fused-ring (bicyclic) bond motifs is 2. The van der Waals surface area contributed by atoms with E-state index in [4.69, 9.17) is 41.1 Å². The third-order valence-corrected chi connectivity index (χ3v) is 6.92. The Morgan fingerprint density at radius 1 is 1.17 bits per heavy atom. The predicted octanol–water partition coefficient (Wildman–Crippen LogP) is 2.09. The molecular formula is C24H30ClN5O6. The topological polar surface area (TPSA) is 138 Å². The number of carboxylic acids is 2. The summed E-state index contributed by atoms with van der Waals surface area (Å²) < 4.78 is 8.66. The van der Waals surface area contributed by atoms with Crippen molar-refractivity contribution in [3.63, 3.8) is 0 Å². The van der Waals surface area contributed by atoms with Gasteiger partial charge in [-0.05, 0) is 37.9 Å². The number of piperidine rings is 1. The molecule has 1 saturated heterocycles. The fraction of sp³-hybridized carbons (Fsp3) is 0.542. The van der Waals surface area contributed by atoms with E-state index in [1.807, 2.05) is 11.1 Å². The number of hydrogen-bond donors (Lipinski definition) is 2. The highest BCUT2D eigenvalue weighted by atomic mass is 35.5. The lowest BCUT2D eigenvalue weighted by atomic mass is 9.89. The second-order valence-corrected chi connectivity index (χ2v) is 9.84. The summed E-state index contributed by atoms with van der Waals surface area (Å²) in [5.41, 5.74) is 1.26. The molecule has 4 heterocycles. The van der Waals surface area contributed by atoms with E-state index in [9.17, 15) is 4.79 Å². The van der Waals surface area contributed by atoms with E-state index in [2.05, 4.69) is 21.5 Å². The van der Waals surface area contributed by atoms with Crippen LogP contribution in [0.25, 0.3) is 0 Å². The first-order valence-electron chi connectivity index (χ1n) is 11.9. The average molecular weight is 520 g/mol. The van der Waals surface area contributed by atoms with Crippen molar-refractivity contribution in [2.45, 2.75) is 44.4 Å². The van der Waals surface area contributed by atoms with Crippen molar-refractivity contribution in [2.24, 2.45) is 5.92 Å². The third kappa shape index (κ3) is 6.03. The van der Waals surface area contributed by atoms with Gasteiger partial charge in [-0.15, -0.1) is 0 Å². The molecule has 3 aliphatic rings. The summed E-state index contributed by atoms with van der Waals surface area (Å²) in [7, 11) is 2.20. The van der Waals surface area contributed by atoms with E-state index in [-0.39, 0.29) is 5.91 Å². The zero-order valence-electron chi connectivity index (χ0n) is 20.1. The van der Waals surface area contributed by atoms with Crippen molar-refractivity contribution in [1.82, 2.24) is 24.3 Å². The first-order valence-corrected chi connectivity index (χ1v) is 12.3. The number of amides is 1. The van der Waals surface area contributed by atoms with Crippen LogP contribution in [0.4, 0.5) is 0 Å². The summed E-state index contributed by atoms with van der Waals surface area (Å²) >= 11 is 5.95. The van der Waals surface area contributed by atoms with E-state index in [0.717, 1.165) is 44.2 Å². The van der Waals surface area contributed by atoms with Gasteiger partial charge in [0.2, 0.25) is 0 Å². The maximum absolute atomic E-state index is 12.8. The Balaban J connectivity index is 0.000000455. The van der Waals surface area contributed by atoms with Crippen molar-refractivity contribution in [3.8, 4) is 0 Å². The van der Waals surface area contributed by atoms with Crippen LogP contribution >= 0.6 is 11.6 Å². The molecule has 1 aliphatic carbocycles. The lowest BCUT2D eigenvalue weighted by molar-refractivity contribution is -0.159. The molecule has 12 heteroatoms. The van der Waals surface area contributed by atoms with Crippen LogP contribution in [0.2, 0.25) is 5.15 Å². The van der Waals surface area contributed by atoms with Gasteiger partial charge in [-0.25, -0.2) is 19.6 Å². The van der Waals surface area contributed by atoms with Gasteiger partial charge in [0.1, 0.15) is 22.3 Å². The SMILES string of the molecule is CN(Cc1cnc2n1CCOC21CCN(C(=O)c2cccc(Cl)n2)CC1)CC1CC1.O=C(O)C(=O)O. The van der Waals surface area contributed by atoms with Crippen LogP contribution in [0.3, 0.4) is 0 Å². The van der Waals surface area contributed by atoms with Crippen LogP contribution < -0.4 is 0 Å². The van der Waals surface area contributed by atoms with Crippen LogP contribution in [0.1, 0.15) is 47.7 Å². The van der Waals surface area contributed by atoms with Crippen LogP contribution in [0, 0.1) is 5.92 Å². The number of hydrogen-bond acceptors (Lipinski definition) is 7. The maximum Gasteiger partial charge on any atom is 0.414 e. The molecule has 36 heavy (non-hydrogen) atoms. The van der Waals surface area contributed by atoms with E-state index >= 15 is 0 Å². The van der Waals surface area contributed by atoms with Crippen molar-refractivity contribution in [2.75, 3.05) is 33.3 Å². The number of ether oxygens (including phenoxy) is 1. The van der Waals surface area contributed by atoms with Gasteiger partial charge < -0.3 is 29.3 Å². The molecule has 11 nitrogen and oxygen atoms in total. The highest BCUT2D eigenvalue weighted by Gasteiger charge is 2.44. The molecule has 1 amide bonds. The normalized spacial score (nSPS) is 18.4. The number of pyridine rings is 1. The highest BCUT2D eigenvalue weighted by molar-refractivity contribution is 6.29. The van der Waals surface area contributed by atoms with Gasteiger partial charge >= 0.3 is 11.9 Å². The Morgan fingerprint density at radius 3 is 2.47 bits per heavy atom. The van der Waals surface area contributed by atoms with Gasteiger partial charge in [-0.3, -0.25) is 4.79 Å². The second kappa shape index (κ2) is 10.9. The number of carboxylic acid groups (broad SMARTS) is 2. The maximum atomic E-state index is 12.8. The first kappa shape index (κ1) is 26.1. The van der Waals surface area contributed by atoms with Crippen LogP contribution in [-0.4, -0.2) is 85.7 Å². The molecule has 2 aromatic rings. The summed E-state index contributed by atoms with van der Waals surface area (Å²) in [5.74, 6) is -1.82. The lowest BCUT2D eigenvalue weighted by Crippen LogP contribution is -2.50. The molecule has 2 aliphatic heterocycles. The summed E-state index contributed by atoms with van der Waals surface area (Å²) in [6, 6.07) is 5.16. The van der Waals surface area contributed by atoms with Gasteiger partial charge in [-0.1, -0.05) is 17.7 Å². The largest absolute Gasteiger partial charge is 0.473 e. The fourth-order valence-corrected chi connectivity index (χ4v) is 4.92. The molecule has 1 spiro atoms. The number of carbonyl (C=O) groups excluding carboxylic acids is 1. The minimum absolute atomic E-state index is 0.0751. The number of halogens is 1. The molecule has 0 radical (unpaired) electrons.